The molecule has 378 valence electrons. The normalized spacial score (nSPS) is 35.7. The van der Waals surface area contributed by atoms with Crippen molar-refractivity contribution in [3.63, 3.8) is 0 Å². The van der Waals surface area contributed by atoms with Gasteiger partial charge in [0.05, 0.1) is 60.3 Å². The summed E-state index contributed by atoms with van der Waals surface area (Å²) in [5.74, 6) is -2.85. The van der Waals surface area contributed by atoms with Crippen LogP contribution in [0.5, 0.6) is 0 Å². The fourth-order valence-corrected chi connectivity index (χ4v) is 9.55. The molecule has 2 fully saturated rings. The predicted octanol–water partition coefficient (Wildman–Crippen LogP) is 3.77. The number of methoxy groups -OCH3 is 1. The van der Waals surface area contributed by atoms with E-state index in [1.807, 2.05) is 46.7 Å². The van der Waals surface area contributed by atoms with Gasteiger partial charge in [-0.2, -0.15) is 5.26 Å². The van der Waals surface area contributed by atoms with E-state index in [9.17, 15) is 30.3 Å². The summed E-state index contributed by atoms with van der Waals surface area (Å²) in [6, 6.07) is 8.06. The Morgan fingerprint density at radius 3 is 2.33 bits per heavy atom. The van der Waals surface area contributed by atoms with Gasteiger partial charge in [-0.05, 0) is 131 Å². The SMILES string of the molecule is CC[C@H]1OC(=O)[C@H](C)[C@@H](O[C@@H](CCOC)O[C@@H](C)[C@@H](C)O)[C@H](C)[C@@H](O[C@@H]2O[C@H](C)C[C@H](N(C)C)[C@H]2O)[C@](C)(O)C[C@@H](C)CN(CCCNC(=S)Nc2ccc(C#N)cc2)[C@H](C)[C@@H](O)[C@]1(C)O. The highest BCUT2D eigenvalue weighted by Gasteiger charge is 2.51. The Hall–Kier alpha value is -2.61. The van der Waals surface area contributed by atoms with E-state index in [0.29, 0.717) is 43.2 Å². The molecule has 2 aliphatic rings. The molecule has 0 amide bonds. The highest BCUT2D eigenvalue weighted by molar-refractivity contribution is 7.80. The van der Waals surface area contributed by atoms with Gasteiger partial charge in [0.2, 0.25) is 0 Å². The summed E-state index contributed by atoms with van der Waals surface area (Å²) in [5.41, 5.74) is -2.28. The Bertz CT molecular complexity index is 1670. The van der Waals surface area contributed by atoms with E-state index in [2.05, 4.69) is 21.6 Å². The van der Waals surface area contributed by atoms with Crippen LogP contribution in [0.4, 0.5) is 5.69 Å². The smallest absolute Gasteiger partial charge is 0.311 e. The molecule has 1 aromatic rings. The Kier molecular flexibility index (Phi) is 23.1. The zero-order valence-electron chi connectivity index (χ0n) is 41.7. The predicted molar refractivity (Wildman–Crippen MR) is 255 cm³/mol. The molecule has 0 aliphatic carbocycles. The maximum Gasteiger partial charge on any atom is 0.311 e. The largest absolute Gasteiger partial charge is 0.459 e. The van der Waals surface area contributed by atoms with Gasteiger partial charge in [-0.1, -0.05) is 20.8 Å². The molecule has 2 saturated heterocycles. The first-order chi connectivity index (χ1) is 30.9. The molecule has 7 N–H and O–H groups in total. The van der Waals surface area contributed by atoms with E-state index in [0.717, 1.165) is 5.69 Å². The minimum Gasteiger partial charge on any atom is -0.459 e. The van der Waals surface area contributed by atoms with Gasteiger partial charge < -0.3 is 69.5 Å². The third-order valence-electron chi connectivity index (χ3n) is 13.3. The summed E-state index contributed by atoms with van der Waals surface area (Å²) >= 11 is 5.54. The summed E-state index contributed by atoms with van der Waals surface area (Å²) < 4.78 is 37.6. The first kappa shape index (κ1) is 57.7. The second-order valence-corrected chi connectivity index (χ2v) is 19.9. The number of thiocarbonyl (C=S) groups is 1. The van der Waals surface area contributed by atoms with Crippen molar-refractivity contribution in [2.45, 2.75) is 186 Å². The van der Waals surface area contributed by atoms with Gasteiger partial charge in [0.1, 0.15) is 23.9 Å². The van der Waals surface area contributed by atoms with Crippen molar-refractivity contribution >= 4 is 29.0 Å². The minimum absolute atomic E-state index is 0.163. The highest BCUT2D eigenvalue weighted by Crippen LogP contribution is 2.38. The molecule has 1 aromatic carbocycles. The monoisotopic (exact) mass is 954 g/mol. The third-order valence-corrected chi connectivity index (χ3v) is 13.6. The van der Waals surface area contributed by atoms with E-state index < -0.39 is 90.4 Å². The van der Waals surface area contributed by atoms with Crippen LogP contribution < -0.4 is 10.6 Å². The molecule has 17 nitrogen and oxygen atoms in total. The zero-order chi connectivity index (χ0) is 49.7. The molecule has 0 radical (unpaired) electrons. The van der Waals surface area contributed by atoms with Crippen molar-refractivity contribution in [3.8, 4) is 6.07 Å². The number of aliphatic hydroxyl groups excluding tert-OH is 3. The molecule has 2 aliphatic heterocycles. The number of nitrogens with zero attached hydrogens (tertiary/aromatic N) is 3. The number of esters is 1. The van der Waals surface area contributed by atoms with Crippen LogP contribution in [0.2, 0.25) is 0 Å². The second-order valence-electron chi connectivity index (χ2n) is 19.5. The number of aliphatic hydroxyl groups is 5. The first-order valence-electron chi connectivity index (χ1n) is 23.6. The molecular weight excluding hydrogens is 871 g/mol. The lowest BCUT2D eigenvalue weighted by Crippen LogP contribution is -2.59. The molecule has 2 heterocycles. The van der Waals surface area contributed by atoms with Crippen LogP contribution in [0.1, 0.15) is 107 Å². The van der Waals surface area contributed by atoms with Crippen molar-refractivity contribution in [3.05, 3.63) is 29.8 Å². The van der Waals surface area contributed by atoms with Crippen LogP contribution in [0.25, 0.3) is 0 Å². The topological polar surface area (TPSA) is 228 Å². The number of nitriles is 1. The van der Waals surface area contributed by atoms with Crippen LogP contribution >= 0.6 is 12.2 Å². The van der Waals surface area contributed by atoms with Gasteiger partial charge in [0.15, 0.2) is 17.7 Å². The Morgan fingerprint density at radius 2 is 1.76 bits per heavy atom. The molecule has 66 heavy (non-hydrogen) atoms. The lowest BCUT2D eigenvalue weighted by molar-refractivity contribution is -0.306. The summed E-state index contributed by atoms with van der Waals surface area (Å²) in [7, 11) is 5.30. The van der Waals surface area contributed by atoms with Crippen LogP contribution in [-0.2, 0) is 33.2 Å². The van der Waals surface area contributed by atoms with E-state index >= 15 is 0 Å². The summed E-state index contributed by atoms with van der Waals surface area (Å²) in [6.45, 7) is 18.9. The highest BCUT2D eigenvalue weighted by atomic mass is 32.1. The van der Waals surface area contributed by atoms with Gasteiger partial charge in [0, 0.05) is 56.9 Å². The number of hydrogen-bond donors (Lipinski definition) is 7. The molecule has 0 aromatic heterocycles. The maximum absolute atomic E-state index is 14.5. The zero-order valence-corrected chi connectivity index (χ0v) is 42.5. The average molecular weight is 954 g/mol. The molecule has 3 rings (SSSR count). The van der Waals surface area contributed by atoms with Crippen molar-refractivity contribution < 1.29 is 58.7 Å². The number of carbonyl (C=O) groups is 1. The van der Waals surface area contributed by atoms with E-state index in [-0.39, 0.29) is 43.9 Å². The number of nitrogens with one attached hydrogen (secondary N) is 2. The van der Waals surface area contributed by atoms with Crippen LogP contribution in [0.15, 0.2) is 24.3 Å². The van der Waals surface area contributed by atoms with Gasteiger partial charge in [0.25, 0.3) is 0 Å². The number of likely N-dealkylation sites (N-methyl/N-ethyl adjacent to an activating group) is 1. The van der Waals surface area contributed by atoms with Crippen molar-refractivity contribution in [1.82, 2.24) is 15.1 Å². The average Bonchev–Trinajstić information content (AvgIpc) is 3.25. The molecule has 0 unspecified atom stereocenters. The minimum atomic E-state index is -1.90. The summed E-state index contributed by atoms with van der Waals surface area (Å²) in [5, 5.41) is 75.1. The van der Waals surface area contributed by atoms with Crippen LogP contribution in [0, 0.1) is 29.1 Å². The lowest BCUT2D eigenvalue weighted by atomic mass is 9.77. The summed E-state index contributed by atoms with van der Waals surface area (Å²) in [6.07, 6.45) is -8.09. The fraction of sp³-hybridized carbons (Fsp3) is 0.812. The second kappa shape index (κ2) is 26.4. The third kappa shape index (κ3) is 16.2. The Morgan fingerprint density at radius 1 is 1.11 bits per heavy atom. The molecular formula is C48H83N5O12S. The maximum atomic E-state index is 14.5. The van der Waals surface area contributed by atoms with Gasteiger partial charge >= 0.3 is 5.97 Å². The Balaban J connectivity index is 2.10. The van der Waals surface area contributed by atoms with E-state index in [1.165, 1.54) is 6.92 Å². The molecule has 0 bridgehead atoms. The first-order valence-corrected chi connectivity index (χ1v) is 24.0. The van der Waals surface area contributed by atoms with Crippen molar-refractivity contribution in [1.29, 1.82) is 5.26 Å². The van der Waals surface area contributed by atoms with Crippen molar-refractivity contribution in [2.24, 2.45) is 17.8 Å². The lowest BCUT2D eigenvalue weighted by Gasteiger charge is -2.47. The number of anilines is 1. The fourth-order valence-electron chi connectivity index (χ4n) is 9.33. The van der Waals surface area contributed by atoms with Crippen LogP contribution in [0.3, 0.4) is 0 Å². The Labute approximate surface area is 399 Å². The number of ether oxygens (including phenoxy) is 6. The number of carbonyl (C=O) groups excluding carboxylic acids is 1. The molecule has 0 spiro atoms. The van der Waals surface area contributed by atoms with E-state index in [4.69, 9.17) is 45.9 Å². The standard InChI is InChI=1S/C48H83N5O12S/c1-14-38-48(10,59)42(56)32(6)53(22-15-21-50-46(66)51-36-18-16-35(26-49)17-19-36)27-28(2)25-47(9,58)43(65-45-40(55)37(52(11)12)24-29(3)61-45)30(4)41(31(5)44(57)63-38)64-39(20-23-60-13)62-34(8)33(7)54/h16-19,28-34,37-43,45,54-56,58-59H,14-15,20-25,27H2,1-13H3,(H2,50,51,66)/t28-,29-,30+,31-,32-,33-,34+,37+,38-,39+,40-,41+,42-,43-,45+,47-,48-/m1/s1. The number of hydrogen-bond acceptors (Lipinski definition) is 16. The molecule has 0 saturated carbocycles. The van der Waals surface area contributed by atoms with Crippen LogP contribution in [-0.4, -0.2) is 179 Å². The van der Waals surface area contributed by atoms with Gasteiger partial charge in [-0.3, -0.25) is 9.69 Å². The van der Waals surface area contributed by atoms with Gasteiger partial charge in [-0.25, -0.2) is 0 Å². The number of cyclic esters (lactones) is 1. The number of benzene rings is 1. The summed E-state index contributed by atoms with van der Waals surface area (Å²) in [4.78, 5) is 18.5. The van der Waals surface area contributed by atoms with E-state index in [1.54, 1.807) is 66.0 Å². The molecule has 18 heteroatoms. The number of rotatable bonds is 17. The van der Waals surface area contributed by atoms with Crippen molar-refractivity contribution in [2.75, 3.05) is 52.8 Å². The quantitative estimate of drug-likeness (QED) is 0.0511. The van der Waals surface area contributed by atoms with Gasteiger partial charge in [-0.15, -0.1) is 0 Å². The molecule has 17 atom stereocenters.